The molecule has 1 aliphatic rings. The van der Waals surface area contributed by atoms with Crippen LogP contribution < -0.4 is 10.1 Å². The van der Waals surface area contributed by atoms with Crippen molar-refractivity contribution in [3.8, 4) is 17.0 Å². The predicted octanol–water partition coefficient (Wildman–Crippen LogP) is 3.74. The molecule has 1 N–H and O–H groups in total. The van der Waals surface area contributed by atoms with Gasteiger partial charge in [0.25, 0.3) is 5.91 Å². The monoisotopic (exact) mass is 383 g/mol. The van der Waals surface area contributed by atoms with Gasteiger partial charge in [-0.1, -0.05) is 11.6 Å². The number of nitrogens with one attached hydrogen (secondary N) is 1. The molecule has 138 valence electrons. The van der Waals surface area contributed by atoms with Gasteiger partial charge in [0.15, 0.2) is 0 Å². The maximum absolute atomic E-state index is 12.4. The van der Waals surface area contributed by atoms with E-state index in [4.69, 9.17) is 20.8 Å². The summed E-state index contributed by atoms with van der Waals surface area (Å²) in [5, 5.41) is 3.54. The van der Waals surface area contributed by atoms with Gasteiger partial charge in [-0.3, -0.25) is 14.8 Å². The van der Waals surface area contributed by atoms with Crippen molar-refractivity contribution in [2.45, 2.75) is 26.4 Å². The third-order valence-electron chi connectivity index (χ3n) is 4.48. The number of furan rings is 1. The number of benzene rings is 1. The fourth-order valence-electron chi connectivity index (χ4n) is 3.29. The van der Waals surface area contributed by atoms with Crippen molar-refractivity contribution in [3.05, 3.63) is 64.5 Å². The molecule has 0 spiro atoms. The van der Waals surface area contributed by atoms with Crippen LogP contribution in [0, 0.1) is 13.8 Å². The Labute approximate surface area is 161 Å². The lowest BCUT2D eigenvalue weighted by Crippen LogP contribution is -2.34. The zero-order chi connectivity index (χ0) is 19.0. The van der Waals surface area contributed by atoms with E-state index in [-0.39, 0.29) is 12.0 Å². The molecule has 1 amide bonds. The largest absolute Gasteiger partial charge is 0.487 e. The first-order valence-electron chi connectivity index (χ1n) is 8.62. The molecule has 0 fully saturated rings. The van der Waals surface area contributed by atoms with Gasteiger partial charge in [-0.25, -0.2) is 0 Å². The number of nitrogens with zero attached hydrogens (tertiary/aromatic N) is 2. The molecule has 0 bridgehead atoms. The Bertz CT molecular complexity index is 1000. The molecule has 1 aromatic carbocycles. The van der Waals surface area contributed by atoms with Gasteiger partial charge in [0.1, 0.15) is 23.4 Å². The molecule has 2 aromatic heterocycles. The van der Waals surface area contributed by atoms with Crippen molar-refractivity contribution in [1.29, 1.82) is 0 Å². The lowest BCUT2D eigenvalue weighted by Gasteiger charge is -2.13. The van der Waals surface area contributed by atoms with E-state index in [1.165, 1.54) is 0 Å². The van der Waals surface area contributed by atoms with Gasteiger partial charge in [-0.15, -0.1) is 0 Å². The van der Waals surface area contributed by atoms with Crippen LogP contribution in [0.5, 0.6) is 5.75 Å². The minimum atomic E-state index is -0.175. The van der Waals surface area contributed by atoms with Gasteiger partial charge in [0, 0.05) is 35.0 Å². The van der Waals surface area contributed by atoms with E-state index in [0.717, 1.165) is 16.9 Å². The topological polar surface area (TPSA) is 77.2 Å². The molecule has 1 unspecified atom stereocenters. The van der Waals surface area contributed by atoms with Crippen LogP contribution in [0.25, 0.3) is 11.3 Å². The van der Waals surface area contributed by atoms with Crippen LogP contribution >= 0.6 is 11.6 Å². The number of carbonyl (C=O) groups is 1. The molecule has 1 atom stereocenters. The van der Waals surface area contributed by atoms with Crippen LogP contribution in [0.1, 0.15) is 27.4 Å². The molecule has 3 aromatic rings. The Kier molecular flexibility index (Phi) is 4.58. The quantitative estimate of drug-likeness (QED) is 0.742. The molecule has 4 rings (SSSR count). The number of hydrogen-bond acceptors (Lipinski definition) is 5. The van der Waals surface area contributed by atoms with Crippen molar-refractivity contribution < 1.29 is 13.9 Å². The lowest BCUT2D eigenvalue weighted by molar-refractivity contribution is 0.0932. The van der Waals surface area contributed by atoms with E-state index in [2.05, 4.69) is 15.3 Å². The van der Waals surface area contributed by atoms with Crippen LogP contribution in [-0.2, 0) is 6.42 Å². The highest BCUT2D eigenvalue weighted by molar-refractivity contribution is 6.31. The van der Waals surface area contributed by atoms with Crippen molar-refractivity contribution in [3.63, 3.8) is 0 Å². The van der Waals surface area contributed by atoms with E-state index in [1.54, 1.807) is 31.6 Å². The van der Waals surface area contributed by atoms with Crippen molar-refractivity contribution in [2.24, 2.45) is 0 Å². The fraction of sp³-hybridized carbons (Fsp3) is 0.250. The van der Waals surface area contributed by atoms with Crippen LogP contribution in [0.15, 0.2) is 41.2 Å². The summed E-state index contributed by atoms with van der Waals surface area (Å²) in [6.45, 7) is 3.98. The number of amides is 1. The van der Waals surface area contributed by atoms with Gasteiger partial charge < -0.3 is 14.5 Å². The molecule has 0 saturated carbocycles. The molecule has 3 heterocycles. The number of halogens is 1. The first-order chi connectivity index (χ1) is 13.0. The average Bonchev–Trinajstić information content (AvgIpc) is 3.21. The highest BCUT2D eigenvalue weighted by Gasteiger charge is 2.28. The second-order valence-corrected chi connectivity index (χ2v) is 6.95. The molecule has 7 heteroatoms. The van der Waals surface area contributed by atoms with Crippen LogP contribution in [-0.4, -0.2) is 28.5 Å². The lowest BCUT2D eigenvalue weighted by atomic mass is 10.0. The molecule has 0 saturated heterocycles. The molecular formula is C20H18ClN3O3. The second-order valence-electron chi connectivity index (χ2n) is 6.51. The maximum atomic E-state index is 12.4. The van der Waals surface area contributed by atoms with E-state index in [0.29, 0.717) is 40.8 Å². The summed E-state index contributed by atoms with van der Waals surface area (Å²) in [5.41, 5.74) is 3.05. The van der Waals surface area contributed by atoms with Crippen LogP contribution in [0.4, 0.5) is 0 Å². The minimum absolute atomic E-state index is 0.170. The molecule has 0 aliphatic carbocycles. The first-order valence-corrected chi connectivity index (χ1v) is 9.00. The number of aromatic nitrogens is 2. The maximum Gasteiger partial charge on any atom is 0.254 e. The zero-order valence-electron chi connectivity index (χ0n) is 15.0. The van der Waals surface area contributed by atoms with Gasteiger partial charge in [0.05, 0.1) is 24.0 Å². The first kappa shape index (κ1) is 17.5. The van der Waals surface area contributed by atoms with Crippen molar-refractivity contribution in [2.75, 3.05) is 6.54 Å². The third-order valence-corrected chi connectivity index (χ3v) is 4.70. The van der Waals surface area contributed by atoms with E-state index >= 15 is 0 Å². The van der Waals surface area contributed by atoms with Gasteiger partial charge in [0.2, 0.25) is 0 Å². The van der Waals surface area contributed by atoms with Gasteiger partial charge in [-0.2, -0.15) is 0 Å². The Balaban J connectivity index is 1.50. The standard InChI is InChI=1S/C20H18ClN3O3/c1-11-5-16(12(2)26-11)20(25)24-9-15-7-13-6-14(21)8-17(19(13)27-15)18-10-22-3-4-23-18/h3-6,8,10,15H,7,9H2,1-2H3,(H,24,25). The Morgan fingerprint density at radius 1 is 1.30 bits per heavy atom. The molecule has 27 heavy (non-hydrogen) atoms. The summed E-state index contributed by atoms with van der Waals surface area (Å²) in [6.07, 6.45) is 5.41. The van der Waals surface area contributed by atoms with Crippen molar-refractivity contribution in [1.82, 2.24) is 15.3 Å². The third kappa shape index (κ3) is 3.53. The summed E-state index contributed by atoms with van der Waals surface area (Å²) in [5.74, 6) is 1.90. The summed E-state index contributed by atoms with van der Waals surface area (Å²) in [4.78, 5) is 20.8. The summed E-state index contributed by atoms with van der Waals surface area (Å²) >= 11 is 6.27. The highest BCUT2D eigenvalue weighted by Crippen LogP contribution is 2.40. The smallest absolute Gasteiger partial charge is 0.254 e. The van der Waals surface area contributed by atoms with Crippen LogP contribution in [0.3, 0.4) is 0 Å². The van der Waals surface area contributed by atoms with Crippen LogP contribution in [0.2, 0.25) is 5.02 Å². The number of carbonyl (C=O) groups excluding carboxylic acids is 1. The zero-order valence-corrected chi connectivity index (χ0v) is 15.7. The van der Waals surface area contributed by atoms with Gasteiger partial charge in [-0.05, 0) is 32.0 Å². The summed E-state index contributed by atoms with van der Waals surface area (Å²) in [7, 11) is 0. The van der Waals surface area contributed by atoms with E-state index < -0.39 is 0 Å². The number of fused-ring (bicyclic) bond motifs is 1. The number of aryl methyl sites for hydroxylation is 2. The van der Waals surface area contributed by atoms with Crippen molar-refractivity contribution >= 4 is 17.5 Å². The normalized spacial score (nSPS) is 15.3. The average molecular weight is 384 g/mol. The fourth-order valence-corrected chi connectivity index (χ4v) is 3.54. The molecule has 6 nitrogen and oxygen atoms in total. The van der Waals surface area contributed by atoms with E-state index in [1.807, 2.05) is 19.1 Å². The molecular weight excluding hydrogens is 366 g/mol. The Morgan fingerprint density at radius 3 is 2.85 bits per heavy atom. The number of ether oxygens (including phenoxy) is 1. The summed E-state index contributed by atoms with van der Waals surface area (Å²) in [6, 6.07) is 5.45. The van der Waals surface area contributed by atoms with Gasteiger partial charge >= 0.3 is 0 Å². The number of hydrogen-bond donors (Lipinski definition) is 1. The minimum Gasteiger partial charge on any atom is -0.487 e. The molecule has 1 aliphatic heterocycles. The SMILES string of the molecule is Cc1cc(C(=O)NCC2Cc3cc(Cl)cc(-c4cnccn4)c3O2)c(C)o1. The van der Waals surface area contributed by atoms with E-state index in [9.17, 15) is 4.79 Å². The Hall–Kier alpha value is -2.86. The summed E-state index contributed by atoms with van der Waals surface area (Å²) < 4.78 is 11.5. The Morgan fingerprint density at radius 2 is 2.15 bits per heavy atom. The number of rotatable bonds is 4. The highest BCUT2D eigenvalue weighted by atomic mass is 35.5. The second kappa shape index (κ2) is 7.04. The predicted molar refractivity (Wildman–Crippen MR) is 101 cm³/mol. The molecule has 0 radical (unpaired) electrons.